The van der Waals surface area contributed by atoms with E-state index < -0.39 is 0 Å². The van der Waals surface area contributed by atoms with Gasteiger partial charge in [-0.3, -0.25) is 4.99 Å². The van der Waals surface area contributed by atoms with Crippen LogP contribution in [0.5, 0.6) is 11.5 Å². The predicted molar refractivity (Wildman–Crippen MR) is 105 cm³/mol. The molecule has 1 saturated carbocycles. The number of methoxy groups -OCH3 is 1. The summed E-state index contributed by atoms with van der Waals surface area (Å²) in [5.74, 6) is 6.52. The van der Waals surface area contributed by atoms with Gasteiger partial charge in [-0.1, -0.05) is 24.8 Å². The van der Waals surface area contributed by atoms with Gasteiger partial charge in [0.1, 0.15) is 6.61 Å². The first kappa shape index (κ1) is 18.4. The highest BCUT2D eigenvalue weighted by molar-refractivity contribution is 5.80. The number of terminal acetylenes is 1. The molecule has 0 bridgehead atoms. The molecular weight excluding hydrogens is 326 g/mol. The lowest BCUT2D eigenvalue weighted by molar-refractivity contribution is 0.299. The number of fused-ring (bicyclic) bond motifs is 1. The first-order valence-corrected chi connectivity index (χ1v) is 9.44. The third-order valence-electron chi connectivity index (χ3n) is 5.48. The van der Waals surface area contributed by atoms with Crippen molar-refractivity contribution in [2.45, 2.75) is 32.2 Å². The minimum Gasteiger partial charge on any atom is -0.493 e. The van der Waals surface area contributed by atoms with Crippen molar-refractivity contribution in [1.29, 1.82) is 0 Å². The molecule has 1 aromatic carbocycles. The van der Waals surface area contributed by atoms with E-state index in [4.69, 9.17) is 15.9 Å². The monoisotopic (exact) mass is 355 g/mol. The van der Waals surface area contributed by atoms with E-state index in [0.29, 0.717) is 18.0 Å². The van der Waals surface area contributed by atoms with Crippen molar-refractivity contribution in [3.63, 3.8) is 0 Å². The molecule has 2 unspecified atom stereocenters. The molecule has 5 nitrogen and oxygen atoms in total. The van der Waals surface area contributed by atoms with Crippen LogP contribution in [0.2, 0.25) is 0 Å². The van der Waals surface area contributed by atoms with Crippen LogP contribution in [0.4, 0.5) is 0 Å². The Kier molecular flexibility index (Phi) is 6.27. The van der Waals surface area contributed by atoms with E-state index in [-0.39, 0.29) is 6.61 Å². The fourth-order valence-corrected chi connectivity index (χ4v) is 4.16. The SMILES string of the molecule is C#CCOc1cc(CNC(=NC)N2CC3CCCCC3C2)ccc1OC. The van der Waals surface area contributed by atoms with E-state index in [1.54, 1.807) is 7.11 Å². The third-order valence-corrected chi connectivity index (χ3v) is 5.48. The lowest BCUT2D eigenvalue weighted by Gasteiger charge is -2.22. The van der Waals surface area contributed by atoms with Gasteiger partial charge in [0.25, 0.3) is 0 Å². The number of rotatable bonds is 5. The van der Waals surface area contributed by atoms with Gasteiger partial charge in [-0.15, -0.1) is 6.42 Å². The van der Waals surface area contributed by atoms with Gasteiger partial charge in [-0.25, -0.2) is 0 Å². The van der Waals surface area contributed by atoms with Crippen LogP contribution in [0.1, 0.15) is 31.2 Å². The largest absolute Gasteiger partial charge is 0.493 e. The number of nitrogens with one attached hydrogen (secondary N) is 1. The van der Waals surface area contributed by atoms with Gasteiger partial charge in [0.15, 0.2) is 17.5 Å². The highest BCUT2D eigenvalue weighted by atomic mass is 16.5. The molecule has 1 aliphatic carbocycles. The highest BCUT2D eigenvalue weighted by Crippen LogP contribution is 2.36. The van der Waals surface area contributed by atoms with Crippen LogP contribution in [-0.2, 0) is 6.54 Å². The van der Waals surface area contributed by atoms with Crippen molar-refractivity contribution in [1.82, 2.24) is 10.2 Å². The lowest BCUT2D eigenvalue weighted by Crippen LogP contribution is -2.39. The first-order chi connectivity index (χ1) is 12.7. The topological polar surface area (TPSA) is 46.1 Å². The van der Waals surface area contributed by atoms with Gasteiger partial charge in [0.2, 0.25) is 0 Å². The quantitative estimate of drug-likeness (QED) is 0.501. The molecule has 1 aromatic rings. The summed E-state index contributed by atoms with van der Waals surface area (Å²) in [6.45, 7) is 3.17. The molecule has 2 atom stereocenters. The molecule has 0 aromatic heterocycles. The Morgan fingerprint density at radius 1 is 1.27 bits per heavy atom. The van der Waals surface area contributed by atoms with E-state index in [9.17, 15) is 0 Å². The summed E-state index contributed by atoms with van der Waals surface area (Å²) in [7, 11) is 3.49. The number of likely N-dealkylation sites (tertiary alicyclic amines) is 1. The Balaban J connectivity index is 1.61. The van der Waals surface area contributed by atoms with Crippen molar-refractivity contribution in [2.75, 3.05) is 33.9 Å². The number of aliphatic imine (C=N–C) groups is 1. The molecule has 0 spiro atoms. The second-order valence-electron chi connectivity index (χ2n) is 7.09. The Bertz CT molecular complexity index is 666. The van der Waals surface area contributed by atoms with Crippen LogP contribution >= 0.6 is 0 Å². The second kappa shape index (κ2) is 8.84. The maximum atomic E-state index is 5.59. The molecule has 1 heterocycles. The maximum absolute atomic E-state index is 5.59. The molecule has 26 heavy (non-hydrogen) atoms. The van der Waals surface area contributed by atoms with Crippen molar-refractivity contribution >= 4 is 5.96 Å². The molecule has 140 valence electrons. The Hall–Kier alpha value is -2.35. The Morgan fingerprint density at radius 2 is 2.00 bits per heavy atom. The fraction of sp³-hybridized carbons (Fsp3) is 0.571. The summed E-state index contributed by atoms with van der Waals surface area (Å²) in [5.41, 5.74) is 1.11. The molecule has 1 aliphatic heterocycles. The lowest BCUT2D eigenvalue weighted by atomic mass is 9.82. The number of hydrogen-bond acceptors (Lipinski definition) is 3. The summed E-state index contributed by atoms with van der Waals surface area (Å²) < 4.78 is 10.9. The number of hydrogen-bond donors (Lipinski definition) is 1. The summed E-state index contributed by atoms with van der Waals surface area (Å²) in [6.07, 6.45) is 10.8. The molecule has 1 saturated heterocycles. The number of nitrogens with zero attached hydrogens (tertiary/aromatic N) is 2. The Labute approximate surface area is 156 Å². The van der Waals surface area contributed by atoms with Gasteiger partial charge in [0, 0.05) is 26.7 Å². The highest BCUT2D eigenvalue weighted by Gasteiger charge is 2.35. The number of guanidine groups is 1. The van der Waals surface area contributed by atoms with Gasteiger partial charge in [0.05, 0.1) is 7.11 Å². The molecule has 1 N–H and O–H groups in total. The minimum atomic E-state index is 0.228. The van der Waals surface area contributed by atoms with Crippen LogP contribution in [0.25, 0.3) is 0 Å². The number of ether oxygens (including phenoxy) is 2. The van der Waals surface area contributed by atoms with Gasteiger partial charge in [-0.2, -0.15) is 0 Å². The van der Waals surface area contributed by atoms with Crippen LogP contribution < -0.4 is 14.8 Å². The van der Waals surface area contributed by atoms with Gasteiger partial charge >= 0.3 is 0 Å². The average molecular weight is 355 g/mol. The van der Waals surface area contributed by atoms with Crippen LogP contribution in [-0.4, -0.2) is 44.7 Å². The summed E-state index contributed by atoms with van der Waals surface area (Å²) in [6, 6.07) is 5.92. The van der Waals surface area contributed by atoms with Crippen molar-refractivity contribution in [3.05, 3.63) is 23.8 Å². The standard InChI is InChI=1S/C21H29N3O2/c1-4-11-26-20-12-16(9-10-19(20)25-3)13-23-21(22-2)24-14-17-7-5-6-8-18(17)15-24/h1,9-10,12,17-18H,5-8,11,13-15H2,2-3H3,(H,22,23). The third kappa shape index (κ3) is 4.24. The number of benzene rings is 1. The van der Waals surface area contributed by atoms with Crippen molar-refractivity contribution in [2.24, 2.45) is 16.8 Å². The van der Waals surface area contributed by atoms with E-state index in [0.717, 1.165) is 36.4 Å². The first-order valence-electron chi connectivity index (χ1n) is 9.44. The molecule has 5 heteroatoms. The Morgan fingerprint density at radius 3 is 2.62 bits per heavy atom. The van der Waals surface area contributed by atoms with Crippen LogP contribution in [0.3, 0.4) is 0 Å². The second-order valence-corrected chi connectivity index (χ2v) is 7.09. The van der Waals surface area contributed by atoms with Gasteiger partial charge in [-0.05, 0) is 42.4 Å². The summed E-state index contributed by atoms with van der Waals surface area (Å²) >= 11 is 0. The molecule has 2 fully saturated rings. The van der Waals surface area contributed by atoms with Crippen LogP contribution in [0, 0.1) is 24.2 Å². The zero-order valence-electron chi connectivity index (χ0n) is 15.8. The molecular formula is C21H29N3O2. The maximum Gasteiger partial charge on any atom is 0.193 e. The zero-order chi connectivity index (χ0) is 18.4. The van der Waals surface area contributed by atoms with Crippen LogP contribution in [0.15, 0.2) is 23.2 Å². The van der Waals surface area contributed by atoms with E-state index in [1.165, 1.54) is 25.7 Å². The normalized spacial score (nSPS) is 22.5. The smallest absolute Gasteiger partial charge is 0.193 e. The fourth-order valence-electron chi connectivity index (χ4n) is 4.16. The van der Waals surface area contributed by atoms with E-state index >= 15 is 0 Å². The molecule has 2 aliphatic rings. The van der Waals surface area contributed by atoms with Crippen molar-refractivity contribution in [3.8, 4) is 23.8 Å². The van der Waals surface area contributed by atoms with Crippen molar-refractivity contribution < 1.29 is 9.47 Å². The average Bonchev–Trinajstić information content (AvgIpc) is 3.10. The summed E-state index contributed by atoms with van der Waals surface area (Å²) in [5, 5.41) is 3.50. The molecule has 3 rings (SSSR count). The van der Waals surface area contributed by atoms with Gasteiger partial charge < -0.3 is 19.7 Å². The molecule has 0 radical (unpaired) electrons. The van der Waals surface area contributed by atoms with E-state index in [1.807, 2.05) is 25.2 Å². The van der Waals surface area contributed by atoms with E-state index in [2.05, 4.69) is 21.1 Å². The minimum absolute atomic E-state index is 0.228. The zero-order valence-corrected chi connectivity index (χ0v) is 15.8. The molecule has 0 amide bonds. The predicted octanol–water partition coefficient (Wildman–Crippen LogP) is 2.90. The summed E-state index contributed by atoms with van der Waals surface area (Å²) in [4.78, 5) is 6.91.